The highest BCUT2D eigenvalue weighted by Gasteiger charge is 1.98. The minimum Gasteiger partial charge on any atom is -0.360 e. The molecule has 0 saturated carbocycles. The van der Waals surface area contributed by atoms with Gasteiger partial charge in [-0.3, -0.25) is 4.68 Å². The third kappa shape index (κ3) is 3.61. The summed E-state index contributed by atoms with van der Waals surface area (Å²) in [6.45, 7) is 0.629. The number of benzene rings is 1. The molecule has 1 aromatic heterocycles. The number of nitriles is 2. The number of nitrogens with one attached hydrogen (secondary N) is 1. The molecule has 0 fully saturated rings. The van der Waals surface area contributed by atoms with Crippen molar-refractivity contribution in [2.24, 2.45) is 0 Å². The standard InChI is InChI=1S/C14H10ClN5/c15-13-8-19-20(10-13)9-11-1-3-14(4-2-11)18-7-12(5-16)6-17/h1-4,7-8,10,18H,9H2. The van der Waals surface area contributed by atoms with Gasteiger partial charge >= 0.3 is 0 Å². The van der Waals surface area contributed by atoms with Crippen LogP contribution in [0.1, 0.15) is 5.56 Å². The topological polar surface area (TPSA) is 77.4 Å². The second kappa shape index (κ2) is 6.42. The predicted octanol–water partition coefficient (Wildman–Crippen LogP) is 2.93. The van der Waals surface area contributed by atoms with E-state index in [9.17, 15) is 0 Å². The molecule has 0 amide bonds. The largest absolute Gasteiger partial charge is 0.360 e. The lowest BCUT2D eigenvalue weighted by Crippen LogP contribution is -1.99. The Hall–Kier alpha value is -2.76. The fourth-order valence-corrected chi connectivity index (χ4v) is 1.72. The number of hydrogen-bond acceptors (Lipinski definition) is 4. The second-order valence-corrected chi connectivity index (χ2v) is 4.42. The van der Waals surface area contributed by atoms with Crippen LogP contribution in [0.5, 0.6) is 0 Å². The molecule has 0 spiro atoms. The highest BCUT2D eigenvalue weighted by molar-refractivity contribution is 6.30. The molecule has 0 radical (unpaired) electrons. The fraction of sp³-hybridized carbons (Fsp3) is 0.0714. The summed E-state index contributed by atoms with van der Waals surface area (Å²) in [5.41, 5.74) is 1.90. The van der Waals surface area contributed by atoms with Crippen molar-refractivity contribution >= 4 is 17.3 Å². The van der Waals surface area contributed by atoms with Gasteiger partial charge in [-0.05, 0) is 17.7 Å². The van der Waals surface area contributed by atoms with Crippen molar-refractivity contribution in [3.8, 4) is 12.1 Å². The van der Waals surface area contributed by atoms with Crippen LogP contribution in [-0.2, 0) is 6.54 Å². The first-order chi connectivity index (χ1) is 9.71. The van der Waals surface area contributed by atoms with Gasteiger partial charge in [0.15, 0.2) is 0 Å². The molecule has 20 heavy (non-hydrogen) atoms. The van der Waals surface area contributed by atoms with Gasteiger partial charge in [-0.25, -0.2) is 0 Å². The maximum atomic E-state index is 8.61. The van der Waals surface area contributed by atoms with Crippen LogP contribution in [0, 0.1) is 22.7 Å². The van der Waals surface area contributed by atoms with Gasteiger partial charge in [0.25, 0.3) is 0 Å². The first kappa shape index (κ1) is 13.7. The third-order valence-electron chi connectivity index (χ3n) is 2.52. The number of allylic oxidation sites excluding steroid dienone is 1. The summed E-state index contributed by atoms with van der Waals surface area (Å²) in [6.07, 6.45) is 4.72. The summed E-state index contributed by atoms with van der Waals surface area (Å²) in [4.78, 5) is 0. The Labute approximate surface area is 121 Å². The number of nitrogens with zero attached hydrogens (tertiary/aromatic N) is 4. The zero-order valence-electron chi connectivity index (χ0n) is 10.4. The Balaban J connectivity index is 2.02. The molecular formula is C14H10ClN5. The lowest BCUT2D eigenvalue weighted by atomic mass is 10.2. The summed E-state index contributed by atoms with van der Waals surface area (Å²) >= 11 is 5.80. The summed E-state index contributed by atoms with van der Waals surface area (Å²) in [5.74, 6) is 0. The SMILES string of the molecule is N#CC(C#N)=CNc1ccc(Cn2cc(Cl)cn2)cc1. The van der Waals surface area contributed by atoms with E-state index < -0.39 is 0 Å². The molecule has 98 valence electrons. The second-order valence-electron chi connectivity index (χ2n) is 3.98. The van der Waals surface area contributed by atoms with Gasteiger partial charge < -0.3 is 5.32 Å². The molecule has 0 unspecified atom stereocenters. The Bertz CT molecular complexity index is 684. The van der Waals surface area contributed by atoms with E-state index in [1.165, 1.54) is 6.20 Å². The first-order valence-corrected chi connectivity index (χ1v) is 6.13. The maximum absolute atomic E-state index is 8.61. The molecule has 1 aromatic carbocycles. The molecule has 0 bridgehead atoms. The third-order valence-corrected chi connectivity index (χ3v) is 2.72. The summed E-state index contributed by atoms with van der Waals surface area (Å²) in [6, 6.07) is 11.2. The maximum Gasteiger partial charge on any atom is 0.145 e. The molecular weight excluding hydrogens is 274 g/mol. The zero-order chi connectivity index (χ0) is 14.4. The Morgan fingerprint density at radius 1 is 1.30 bits per heavy atom. The van der Waals surface area contributed by atoms with E-state index in [2.05, 4.69) is 10.4 Å². The molecule has 5 nitrogen and oxygen atoms in total. The Kier molecular flexibility index (Phi) is 4.39. The van der Waals surface area contributed by atoms with Crippen LogP contribution in [0.4, 0.5) is 5.69 Å². The van der Waals surface area contributed by atoms with Crippen molar-refractivity contribution < 1.29 is 0 Å². The van der Waals surface area contributed by atoms with E-state index in [0.29, 0.717) is 11.6 Å². The van der Waals surface area contributed by atoms with Gasteiger partial charge in [0.05, 0.1) is 17.8 Å². The van der Waals surface area contributed by atoms with Crippen molar-refractivity contribution in [3.63, 3.8) is 0 Å². The number of hydrogen-bond donors (Lipinski definition) is 1. The molecule has 0 saturated heterocycles. The molecule has 2 rings (SSSR count). The van der Waals surface area contributed by atoms with E-state index in [1.807, 2.05) is 24.3 Å². The molecule has 0 aliphatic heterocycles. The van der Waals surface area contributed by atoms with Crippen LogP contribution >= 0.6 is 11.6 Å². The highest BCUT2D eigenvalue weighted by atomic mass is 35.5. The monoisotopic (exact) mass is 283 g/mol. The molecule has 1 heterocycles. The number of anilines is 1. The van der Waals surface area contributed by atoms with Crippen LogP contribution in [0.25, 0.3) is 0 Å². The normalized spacial score (nSPS) is 9.35. The molecule has 0 aliphatic carbocycles. The number of rotatable bonds is 4. The summed E-state index contributed by atoms with van der Waals surface area (Å²) in [5, 5.41) is 24.8. The van der Waals surface area contributed by atoms with Crippen molar-refractivity contribution in [1.82, 2.24) is 9.78 Å². The molecule has 0 aliphatic rings. The van der Waals surface area contributed by atoms with Gasteiger partial charge in [-0.1, -0.05) is 23.7 Å². The van der Waals surface area contributed by atoms with E-state index in [-0.39, 0.29) is 5.57 Å². The van der Waals surface area contributed by atoms with Gasteiger partial charge in [0.1, 0.15) is 17.7 Å². The van der Waals surface area contributed by atoms with E-state index in [0.717, 1.165) is 11.3 Å². The average Bonchev–Trinajstić information content (AvgIpc) is 2.87. The number of aromatic nitrogens is 2. The van der Waals surface area contributed by atoms with Crippen molar-refractivity contribution in [2.75, 3.05) is 5.32 Å². The molecule has 0 atom stereocenters. The van der Waals surface area contributed by atoms with Gasteiger partial charge in [-0.15, -0.1) is 0 Å². The first-order valence-electron chi connectivity index (χ1n) is 5.75. The van der Waals surface area contributed by atoms with Crippen molar-refractivity contribution in [1.29, 1.82) is 10.5 Å². The minimum absolute atomic E-state index is 0.0280. The smallest absolute Gasteiger partial charge is 0.145 e. The quantitative estimate of drug-likeness (QED) is 0.875. The fourth-order valence-electron chi connectivity index (χ4n) is 1.56. The van der Waals surface area contributed by atoms with Gasteiger partial charge in [0.2, 0.25) is 0 Å². The van der Waals surface area contributed by atoms with Crippen LogP contribution < -0.4 is 5.32 Å². The highest BCUT2D eigenvalue weighted by Crippen LogP contribution is 2.12. The van der Waals surface area contributed by atoms with Crippen LogP contribution in [-0.4, -0.2) is 9.78 Å². The molecule has 6 heteroatoms. The summed E-state index contributed by atoms with van der Waals surface area (Å²) in [7, 11) is 0. The molecule has 2 aromatic rings. The zero-order valence-corrected chi connectivity index (χ0v) is 11.2. The Morgan fingerprint density at radius 2 is 2.00 bits per heavy atom. The average molecular weight is 284 g/mol. The number of halogens is 1. The van der Waals surface area contributed by atoms with Crippen molar-refractivity contribution in [3.05, 3.63) is 59.0 Å². The van der Waals surface area contributed by atoms with E-state index in [1.54, 1.807) is 29.2 Å². The van der Waals surface area contributed by atoms with Gasteiger partial charge in [0, 0.05) is 18.1 Å². The van der Waals surface area contributed by atoms with Crippen LogP contribution in [0.2, 0.25) is 5.02 Å². The van der Waals surface area contributed by atoms with E-state index in [4.69, 9.17) is 22.1 Å². The minimum atomic E-state index is 0.0280. The lowest BCUT2D eigenvalue weighted by Gasteiger charge is -2.04. The van der Waals surface area contributed by atoms with Crippen molar-refractivity contribution in [2.45, 2.75) is 6.54 Å². The van der Waals surface area contributed by atoms with Crippen LogP contribution in [0.3, 0.4) is 0 Å². The van der Waals surface area contributed by atoms with Crippen LogP contribution in [0.15, 0.2) is 48.4 Å². The van der Waals surface area contributed by atoms with Gasteiger partial charge in [-0.2, -0.15) is 15.6 Å². The van der Waals surface area contributed by atoms with E-state index >= 15 is 0 Å². The predicted molar refractivity (Wildman–Crippen MR) is 75.7 cm³/mol. The summed E-state index contributed by atoms with van der Waals surface area (Å²) < 4.78 is 1.74. The molecule has 1 N–H and O–H groups in total. The Morgan fingerprint density at radius 3 is 2.55 bits per heavy atom. The lowest BCUT2D eigenvalue weighted by molar-refractivity contribution is 0.687.